The Bertz CT molecular complexity index is 516. The molecule has 3 nitrogen and oxygen atoms in total. The topological polar surface area (TPSA) is 40.5 Å². The Hall–Kier alpha value is -1.51. The van der Waals surface area contributed by atoms with E-state index in [1.165, 1.54) is 6.42 Å². The first-order valence-corrected chi connectivity index (χ1v) is 7.88. The van der Waals surface area contributed by atoms with Crippen LogP contribution in [0.4, 0.5) is 0 Å². The van der Waals surface area contributed by atoms with Crippen molar-refractivity contribution in [3.63, 3.8) is 0 Å². The van der Waals surface area contributed by atoms with Crippen molar-refractivity contribution < 1.29 is 9.90 Å². The summed E-state index contributed by atoms with van der Waals surface area (Å²) in [6.07, 6.45) is 3.26. The lowest BCUT2D eigenvalue weighted by Gasteiger charge is -2.29. The molecular formula is C18H27NO2. The van der Waals surface area contributed by atoms with Gasteiger partial charge >= 0.3 is 0 Å². The molecule has 0 aromatic heterocycles. The van der Waals surface area contributed by atoms with E-state index in [2.05, 4.69) is 20.8 Å². The van der Waals surface area contributed by atoms with E-state index in [0.29, 0.717) is 16.9 Å². The normalized spacial score (nSPS) is 20.2. The van der Waals surface area contributed by atoms with Crippen LogP contribution in [0.25, 0.3) is 0 Å². The minimum absolute atomic E-state index is 0.0363. The van der Waals surface area contributed by atoms with E-state index in [9.17, 15) is 9.90 Å². The zero-order valence-corrected chi connectivity index (χ0v) is 13.6. The maximum Gasteiger partial charge on any atom is 0.257 e. The number of likely N-dealkylation sites (tertiary alicyclic amines) is 1. The first kappa shape index (κ1) is 15.9. The number of aryl methyl sites for hydroxylation is 1. The van der Waals surface area contributed by atoms with Gasteiger partial charge in [-0.1, -0.05) is 32.4 Å². The first-order chi connectivity index (χ1) is 9.79. The Morgan fingerprint density at radius 3 is 2.62 bits per heavy atom. The number of phenolic OH excluding ortho intramolecular Hbond substituents is 1. The summed E-state index contributed by atoms with van der Waals surface area (Å²) in [6.45, 7) is 10.4. The lowest BCUT2D eigenvalue weighted by Crippen LogP contribution is -2.32. The zero-order chi connectivity index (χ0) is 15.6. The standard InChI is InChI=1S/C18H27NO2/c1-13-7-8-16(20)15(12-13)17(21)19-10-5-6-14(9-11-19)18(2,3)4/h7-8,12,14,20H,5-6,9-11H2,1-4H3. The van der Waals surface area contributed by atoms with Crippen LogP contribution in [-0.2, 0) is 0 Å². The SMILES string of the molecule is Cc1ccc(O)c(C(=O)N2CCCC(C(C)(C)C)CC2)c1. The summed E-state index contributed by atoms with van der Waals surface area (Å²) in [6, 6.07) is 5.21. The van der Waals surface area contributed by atoms with Crippen LogP contribution in [-0.4, -0.2) is 29.0 Å². The van der Waals surface area contributed by atoms with Crippen LogP contribution in [0.1, 0.15) is 56.0 Å². The van der Waals surface area contributed by atoms with E-state index in [-0.39, 0.29) is 11.7 Å². The molecule has 3 heteroatoms. The van der Waals surface area contributed by atoms with Crippen LogP contribution in [0, 0.1) is 18.3 Å². The highest BCUT2D eigenvalue weighted by molar-refractivity contribution is 5.97. The van der Waals surface area contributed by atoms with E-state index < -0.39 is 0 Å². The molecule has 1 saturated heterocycles. The van der Waals surface area contributed by atoms with E-state index >= 15 is 0 Å². The summed E-state index contributed by atoms with van der Waals surface area (Å²) in [5.41, 5.74) is 1.73. The van der Waals surface area contributed by atoms with Gasteiger partial charge in [0.15, 0.2) is 0 Å². The van der Waals surface area contributed by atoms with Crippen LogP contribution in [0.5, 0.6) is 5.75 Å². The van der Waals surface area contributed by atoms with E-state index in [4.69, 9.17) is 0 Å². The van der Waals surface area contributed by atoms with Gasteiger partial charge in [0.1, 0.15) is 5.75 Å². The van der Waals surface area contributed by atoms with Crippen LogP contribution >= 0.6 is 0 Å². The lowest BCUT2D eigenvalue weighted by atomic mass is 9.77. The molecule has 1 aromatic rings. The average molecular weight is 289 g/mol. The average Bonchev–Trinajstić information content (AvgIpc) is 2.66. The van der Waals surface area contributed by atoms with Crippen molar-refractivity contribution in [3.8, 4) is 5.75 Å². The minimum atomic E-state index is -0.0363. The molecule has 21 heavy (non-hydrogen) atoms. The number of nitrogens with zero attached hydrogens (tertiary/aromatic N) is 1. The van der Waals surface area contributed by atoms with Crippen LogP contribution in [0.3, 0.4) is 0 Å². The fourth-order valence-corrected chi connectivity index (χ4v) is 3.16. The summed E-state index contributed by atoms with van der Waals surface area (Å²) >= 11 is 0. The molecule has 1 atom stereocenters. The summed E-state index contributed by atoms with van der Waals surface area (Å²) in [5, 5.41) is 9.94. The number of amides is 1. The molecule has 1 aliphatic rings. The summed E-state index contributed by atoms with van der Waals surface area (Å²) in [4.78, 5) is 14.6. The summed E-state index contributed by atoms with van der Waals surface area (Å²) in [5.74, 6) is 0.703. The molecule has 1 aromatic carbocycles. The smallest absolute Gasteiger partial charge is 0.257 e. The Balaban J connectivity index is 2.12. The predicted octanol–water partition coefficient (Wildman–Crippen LogP) is 3.99. The number of aromatic hydroxyl groups is 1. The molecule has 0 aliphatic carbocycles. The maximum absolute atomic E-state index is 12.6. The van der Waals surface area contributed by atoms with Gasteiger partial charge in [0.25, 0.3) is 5.91 Å². The highest BCUT2D eigenvalue weighted by atomic mass is 16.3. The minimum Gasteiger partial charge on any atom is -0.507 e. The highest BCUT2D eigenvalue weighted by Crippen LogP contribution is 2.34. The Morgan fingerprint density at radius 2 is 1.95 bits per heavy atom. The van der Waals surface area contributed by atoms with Gasteiger partial charge in [-0.2, -0.15) is 0 Å². The highest BCUT2D eigenvalue weighted by Gasteiger charge is 2.29. The van der Waals surface area contributed by atoms with Crippen LogP contribution < -0.4 is 0 Å². The second-order valence-electron chi connectivity index (χ2n) is 7.31. The van der Waals surface area contributed by atoms with Crippen LogP contribution in [0.15, 0.2) is 18.2 Å². The molecule has 0 bridgehead atoms. The van der Waals surface area contributed by atoms with Crippen LogP contribution in [0.2, 0.25) is 0 Å². The van der Waals surface area contributed by atoms with E-state index in [1.54, 1.807) is 12.1 Å². The monoisotopic (exact) mass is 289 g/mol. The molecular weight excluding hydrogens is 262 g/mol. The van der Waals surface area contributed by atoms with Crippen molar-refractivity contribution in [2.45, 2.75) is 47.0 Å². The van der Waals surface area contributed by atoms with Crippen molar-refractivity contribution in [2.75, 3.05) is 13.1 Å². The lowest BCUT2D eigenvalue weighted by molar-refractivity contribution is 0.0752. The van der Waals surface area contributed by atoms with Crippen molar-refractivity contribution in [1.82, 2.24) is 4.90 Å². The van der Waals surface area contributed by atoms with Gasteiger partial charge in [0.05, 0.1) is 5.56 Å². The van der Waals surface area contributed by atoms with Gasteiger partial charge in [-0.15, -0.1) is 0 Å². The largest absolute Gasteiger partial charge is 0.507 e. The van der Waals surface area contributed by atoms with Gasteiger partial charge in [0, 0.05) is 13.1 Å². The van der Waals surface area contributed by atoms with Crippen molar-refractivity contribution >= 4 is 5.91 Å². The third kappa shape index (κ3) is 3.78. The molecule has 1 aliphatic heterocycles. The Kier molecular flexibility index (Phi) is 4.60. The van der Waals surface area contributed by atoms with Gasteiger partial charge in [-0.05, 0) is 49.7 Å². The molecule has 1 amide bonds. The van der Waals surface area contributed by atoms with Gasteiger partial charge in [0.2, 0.25) is 0 Å². The van der Waals surface area contributed by atoms with Gasteiger partial charge < -0.3 is 10.0 Å². The number of hydrogen-bond donors (Lipinski definition) is 1. The molecule has 0 saturated carbocycles. The number of phenols is 1. The van der Waals surface area contributed by atoms with Gasteiger partial charge in [-0.25, -0.2) is 0 Å². The number of rotatable bonds is 1. The van der Waals surface area contributed by atoms with Gasteiger partial charge in [-0.3, -0.25) is 4.79 Å². The molecule has 116 valence electrons. The predicted molar refractivity (Wildman–Crippen MR) is 85.5 cm³/mol. The number of hydrogen-bond acceptors (Lipinski definition) is 2. The maximum atomic E-state index is 12.6. The Morgan fingerprint density at radius 1 is 1.24 bits per heavy atom. The first-order valence-electron chi connectivity index (χ1n) is 7.88. The van der Waals surface area contributed by atoms with Crippen molar-refractivity contribution in [1.29, 1.82) is 0 Å². The quantitative estimate of drug-likeness (QED) is 0.849. The molecule has 0 radical (unpaired) electrons. The number of carbonyl (C=O) groups is 1. The molecule has 0 spiro atoms. The molecule has 2 rings (SSSR count). The van der Waals surface area contributed by atoms with Crippen molar-refractivity contribution in [3.05, 3.63) is 29.3 Å². The molecule has 1 N–H and O–H groups in total. The summed E-state index contributed by atoms with van der Waals surface area (Å²) in [7, 11) is 0. The third-order valence-corrected chi connectivity index (χ3v) is 4.62. The molecule has 1 fully saturated rings. The Labute approximate surface area is 128 Å². The number of benzene rings is 1. The zero-order valence-electron chi connectivity index (χ0n) is 13.6. The second kappa shape index (κ2) is 6.08. The van der Waals surface area contributed by atoms with E-state index in [0.717, 1.165) is 31.5 Å². The van der Waals surface area contributed by atoms with E-state index in [1.807, 2.05) is 17.9 Å². The molecule has 1 unspecified atom stereocenters. The third-order valence-electron chi connectivity index (χ3n) is 4.62. The number of carbonyl (C=O) groups excluding carboxylic acids is 1. The fraction of sp³-hybridized carbons (Fsp3) is 0.611. The van der Waals surface area contributed by atoms with Crippen molar-refractivity contribution in [2.24, 2.45) is 11.3 Å². The molecule has 1 heterocycles. The fourth-order valence-electron chi connectivity index (χ4n) is 3.16. The second-order valence-corrected chi connectivity index (χ2v) is 7.31. The summed E-state index contributed by atoms with van der Waals surface area (Å²) < 4.78 is 0.